The van der Waals surface area contributed by atoms with Crippen molar-refractivity contribution in [2.24, 2.45) is 0 Å². The Morgan fingerprint density at radius 2 is 1.81 bits per heavy atom. The van der Waals surface area contributed by atoms with Crippen molar-refractivity contribution in [3.8, 4) is 11.5 Å². The second kappa shape index (κ2) is 14.4. The first-order valence-electron chi connectivity index (χ1n) is 15.9. The summed E-state index contributed by atoms with van der Waals surface area (Å²) in [6.07, 6.45) is 1.36. The van der Waals surface area contributed by atoms with E-state index < -0.39 is 28.0 Å². The second-order valence-electron chi connectivity index (χ2n) is 11.8. The molecule has 2 amide bonds. The number of amides is 2. The molecule has 3 aromatic carbocycles. The molecule has 5 rings (SSSR count). The van der Waals surface area contributed by atoms with Gasteiger partial charge in [0.1, 0.15) is 11.9 Å². The number of carbonyl (C=O) groups excluding carboxylic acids is 1. The van der Waals surface area contributed by atoms with Crippen molar-refractivity contribution < 1.29 is 32.6 Å². The molecule has 254 valence electrons. The molecular weight excluding hydrogens is 634 g/mol. The van der Waals surface area contributed by atoms with Crippen molar-refractivity contribution in [3.05, 3.63) is 78.0 Å². The number of nitrogen functional groups attached to an aromatic ring is 1. The number of hydrogen-bond donors (Lipinski definition) is 4. The van der Waals surface area contributed by atoms with Crippen LogP contribution in [0.2, 0.25) is 0 Å². The highest BCUT2D eigenvalue weighted by molar-refractivity contribution is 7.91. The van der Waals surface area contributed by atoms with Gasteiger partial charge in [-0.3, -0.25) is 10.1 Å². The monoisotopic (exact) mass is 675 g/mol. The van der Waals surface area contributed by atoms with E-state index in [2.05, 4.69) is 15.6 Å². The third-order valence-electron chi connectivity index (χ3n) is 8.19. The largest absolute Gasteiger partial charge is 0.490 e. The SMILES string of the molecule is CCOc1cc([C@H](Nc2ccc3c(N)nccc3c2)C(=O)N2CCC[C@H]2c2cc(NC(=O)O)ccc2S(=O)(=O)CC)ccc1OC(C)C. The third kappa shape index (κ3) is 7.41. The summed E-state index contributed by atoms with van der Waals surface area (Å²) >= 11 is 0. The molecule has 48 heavy (non-hydrogen) atoms. The molecule has 2 heterocycles. The molecule has 0 unspecified atom stereocenters. The van der Waals surface area contributed by atoms with Crippen LogP contribution in [0.4, 0.5) is 22.0 Å². The number of nitrogens with one attached hydrogen (secondary N) is 2. The maximum absolute atomic E-state index is 14.8. The quantitative estimate of drug-likeness (QED) is 0.132. The number of nitrogens with zero attached hydrogens (tertiary/aromatic N) is 2. The van der Waals surface area contributed by atoms with Crippen LogP contribution in [0.1, 0.15) is 63.7 Å². The normalized spacial score (nSPS) is 15.4. The number of carbonyl (C=O) groups is 2. The van der Waals surface area contributed by atoms with Gasteiger partial charge in [-0.2, -0.15) is 0 Å². The Morgan fingerprint density at radius 3 is 2.52 bits per heavy atom. The first-order valence-corrected chi connectivity index (χ1v) is 17.6. The third-order valence-corrected chi connectivity index (χ3v) is 9.99. The fourth-order valence-corrected chi connectivity index (χ4v) is 7.18. The van der Waals surface area contributed by atoms with Crippen LogP contribution in [0.3, 0.4) is 0 Å². The van der Waals surface area contributed by atoms with Crippen LogP contribution in [-0.4, -0.2) is 60.4 Å². The van der Waals surface area contributed by atoms with E-state index in [1.54, 1.807) is 30.2 Å². The Bertz CT molecular complexity index is 1930. The highest BCUT2D eigenvalue weighted by Gasteiger charge is 2.37. The molecule has 0 bridgehead atoms. The zero-order chi connectivity index (χ0) is 34.6. The lowest BCUT2D eigenvalue weighted by atomic mass is 10.00. The summed E-state index contributed by atoms with van der Waals surface area (Å²) in [7, 11) is -3.71. The van der Waals surface area contributed by atoms with Crippen LogP contribution in [0.25, 0.3) is 10.8 Å². The second-order valence-corrected chi connectivity index (χ2v) is 14.0. The predicted octanol–water partition coefficient (Wildman–Crippen LogP) is 6.40. The smallest absolute Gasteiger partial charge is 0.409 e. The van der Waals surface area contributed by atoms with E-state index in [1.807, 2.05) is 51.1 Å². The van der Waals surface area contributed by atoms with Gasteiger partial charge in [-0.25, -0.2) is 18.2 Å². The summed E-state index contributed by atoms with van der Waals surface area (Å²) in [6.45, 7) is 8.01. The molecule has 1 aromatic heterocycles. The summed E-state index contributed by atoms with van der Waals surface area (Å²) in [5.41, 5.74) is 7.94. The molecule has 0 spiro atoms. The van der Waals surface area contributed by atoms with Crippen molar-refractivity contribution in [2.75, 3.05) is 35.3 Å². The summed E-state index contributed by atoms with van der Waals surface area (Å²) in [5, 5.41) is 16.7. The number of fused-ring (bicyclic) bond motifs is 1. The highest BCUT2D eigenvalue weighted by atomic mass is 32.2. The molecule has 13 heteroatoms. The topological polar surface area (TPSA) is 173 Å². The van der Waals surface area contributed by atoms with E-state index in [-0.39, 0.29) is 28.3 Å². The molecule has 0 radical (unpaired) electrons. The first kappa shape index (κ1) is 34.3. The lowest BCUT2D eigenvalue weighted by Crippen LogP contribution is -2.38. The van der Waals surface area contributed by atoms with Crippen LogP contribution in [0, 0.1) is 0 Å². The molecule has 2 atom stereocenters. The number of rotatable bonds is 12. The van der Waals surface area contributed by atoms with Crippen molar-refractivity contribution in [1.82, 2.24) is 9.88 Å². The summed E-state index contributed by atoms with van der Waals surface area (Å²) < 4.78 is 38.4. The molecule has 1 aliphatic rings. The molecule has 12 nitrogen and oxygen atoms in total. The van der Waals surface area contributed by atoms with E-state index in [4.69, 9.17) is 15.2 Å². The number of anilines is 3. The van der Waals surface area contributed by atoms with Crippen molar-refractivity contribution >= 4 is 49.8 Å². The van der Waals surface area contributed by atoms with E-state index in [0.29, 0.717) is 60.1 Å². The summed E-state index contributed by atoms with van der Waals surface area (Å²) in [4.78, 5) is 32.1. The highest BCUT2D eigenvalue weighted by Crippen LogP contribution is 2.41. The molecule has 5 N–H and O–H groups in total. The number of sulfone groups is 1. The Morgan fingerprint density at radius 1 is 1.04 bits per heavy atom. The first-order chi connectivity index (χ1) is 22.9. The Labute approximate surface area is 280 Å². The molecule has 4 aromatic rings. The van der Waals surface area contributed by atoms with Crippen molar-refractivity contribution in [1.29, 1.82) is 0 Å². The zero-order valence-electron chi connectivity index (χ0n) is 27.4. The molecule has 0 saturated carbocycles. The molecular formula is C35H41N5O7S. The van der Waals surface area contributed by atoms with Gasteiger partial charge in [0.05, 0.1) is 29.4 Å². The Kier molecular flexibility index (Phi) is 10.3. The lowest BCUT2D eigenvalue weighted by Gasteiger charge is -2.31. The maximum atomic E-state index is 14.8. The number of aromatic nitrogens is 1. The average molecular weight is 676 g/mol. The average Bonchev–Trinajstić information content (AvgIpc) is 3.54. The van der Waals surface area contributed by atoms with Gasteiger partial charge >= 0.3 is 6.09 Å². The lowest BCUT2D eigenvalue weighted by molar-refractivity contribution is -0.133. The van der Waals surface area contributed by atoms with Gasteiger partial charge in [0, 0.05) is 29.5 Å². The van der Waals surface area contributed by atoms with Crippen LogP contribution in [0.15, 0.2) is 71.8 Å². The van der Waals surface area contributed by atoms with Crippen molar-refractivity contribution in [3.63, 3.8) is 0 Å². The number of ether oxygens (including phenoxy) is 2. The summed E-state index contributed by atoms with van der Waals surface area (Å²) in [5.74, 6) is 0.993. The minimum atomic E-state index is -3.71. The minimum absolute atomic E-state index is 0.0738. The molecule has 0 aliphatic carbocycles. The number of pyridine rings is 1. The van der Waals surface area contributed by atoms with Crippen LogP contribution in [0.5, 0.6) is 11.5 Å². The van der Waals surface area contributed by atoms with Crippen molar-refractivity contribution in [2.45, 2.75) is 63.6 Å². The van der Waals surface area contributed by atoms with Gasteiger partial charge in [0.25, 0.3) is 0 Å². The van der Waals surface area contributed by atoms with E-state index in [1.165, 1.54) is 18.2 Å². The minimum Gasteiger partial charge on any atom is -0.490 e. The number of hydrogen-bond acceptors (Lipinski definition) is 9. The Balaban J connectivity index is 1.60. The fourth-order valence-electron chi connectivity index (χ4n) is 6.04. The molecule has 1 fully saturated rings. The molecule has 1 aliphatic heterocycles. The van der Waals surface area contributed by atoms with E-state index in [0.717, 1.165) is 10.8 Å². The fraction of sp³-hybridized carbons (Fsp3) is 0.343. The van der Waals surface area contributed by atoms with Crippen LogP contribution >= 0.6 is 0 Å². The van der Waals surface area contributed by atoms with Gasteiger partial charge in [-0.05, 0) is 105 Å². The standard InChI is InChI=1S/C35H41N5O7S/c1-5-46-30-19-23(9-13-29(30)47-21(3)4)32(38-24-10-12-26-22(18-24)15-16-37-33(26)36)34(41)40-17-7-8-28(40)27-20-25(39-35(42)43)11-14-31(27)48(44,45)6-2/h9-16,18-21,28,32,38-39H,5-8,17H2,1-4H3,(H2,36,37)(H,42,43)/t28-,32-/m0/s1. The maximum Gasteiger partial charge on any atom is 0.409 e. The van der Waals surface area contributed by atoms with E-state index >= 15 is 0 Å². The van der Waals surface area contributed by atoms with Gasteiger partial charge in [0.2, 0.25) is 5.91 Å². The number of nitrogens with two attached hydrogens (primary N) is 1. The number of likely N-dealkylation sites (tertiary alicyclic amines) is 1. The Hall–Kier alpha value is -5.04. The number of carboxylic acid groups (broad SMARTS) is 1. The van der Waals surface area contributed by atoms with Gasteiger partial charge in [-0.1, -0.05) is 13.0 Å². The number of benzene rings is 3. The van der Waals surface area contributed by atoms with Gasteiger partial charge in [0.15, 0.2) is 21.3 Å². The van der Waals surface area contributed by atoms with Gasteiger partial charge in [-0.15, -0.1) is 0 Å². The predicted molar refractivity (Wildman–Crippen MR) is 185 cm³/mol. The van der Waals surface area contributed by atoms with Crippen LogP contribution in [-0.2, 0) is 14.6 Å². The van der Waals surface area contributed by atoms with Gasteiger partial charge < -0.3 is 30.5 Å². The summed E-state index contributed by atoms with van der Waals surface area (Å²) in [6, 6.07) is 15.6. The van der Waals surface area contributed by atoms with Crippen LogP contribution < -0.4 is 25.8 Å². The van der Waals surface area contributed by atoms with E-state index in [9.17, 15) is 23.1 Å². The zero-order valence-corrected chi connectivity index (χ0v) is 28.2. The molecule has 1 saturated heterocycles.